The summed E-state index contributed by atoms with van der Waals surface area (Å²) >= 11 is 3.33. The van der Waals surface area contributed by atoms with E-state index in [9.17, 15) is 14.4 Å². The first-order valence-corrected chi connectivity index (χ1v) is 7.64. The molecule has 1 aliphatic rings. The van der Waals surface area contributed by atoms with Gasteiger partial charge in [-0.25, -0.2) is 0 Å². The van der Waals surface area contributed by atoms with Gasteiger partial charge in [-0.1, -0.05) is 28.1 Å². The summed E-state index contributed by atoms with van der Waals surface area (Å²) in [4.78, 5) is 36.4. The third-order valence-corrected chi connectivity index (χ3v) is 4.40. The molecule has 0 radical (unpaired) electrons. The highest BCUT2D eigenvalue weighted by molar-refractivity contribution is 9.10. The van der Waals surface area contributed by atoms with Gasteiger partial charge in [-0.15, -0.1) is 0 Å². The molecule has 1 aromatic rings. The number of hydrogen-bond donors (Lipinski definition) is 0. The molecular formula is C16H17BrO5. The normalized spacial score (nSPS) is 23.8. The van der Waals surface area contributed by atoms with Crippen LogP contribution in [0.3, 0.4) is 0 Å². The van der Waals surface area contributed by atoms with E-state index in [0.29, 0.717) is 5.56 Å². The average Bonchev–Trinajstić information content (AvgIpc) is 2.49. The number of ether oxygens (including phenoxy) is 2. The SMILES string of the molecule is COC(=O)C[C@H]1C(=O)C(C)(C)C(=O)O[C@H]1c1ccc(Br)cc1. The average molecular weight is 369 g/mol. The van der Waals surface area contributed by atoms with Crippen LogP contribution in [-0.2, 0) is 23.9 Å². The van der Waals surface area contributed by atoms with E-state index in [1.807, 2.05) is 0 Å². The first-order valence-electron chi connectivity index (χ1n) is 6.85. The molecule has 6 heteroatoms. The van der Waals surface area contributed by atoms with Crippen LogP contribution in [0.25, 0.3) is 0 Å². The number of rotatable bonds is 3. The number of benzene rings is 1. The summed E-state index contributed by atoms with van der Waals surface area (Å²) in [6, 6.07) is 7.11. The first-order chi connectivity index (χ1) is 10.3. The number of Topliss-reactive ketones (excluding diaryl/α,β-unsaturated/α-hetero) is 1. The molecule has 0 unspecified atom stereocenters. The van der Waals surface area contributed by atoms with E-state index in [0.717, 1.165) is 4.47 Å². The lowest BCUT2D eigenvalue weighted by Crippen LogP contribution is -2.48. The van der Waals surface area contributed by atoms with Crippen molar-refractivity contribution in [1.29, 1.82) is 0 Å². The van der Waals surface area contributed by atoms with Crippen LogP contribution < -0.4 is 0 Å². The maximum atomic E-state index is 12.6. The zero-order valence-electron chi connectivity index (χ0n) is 12.6. The van der Waals surface area contributed by atoms with Crippen molar-refractivity contribution in [3.05, 3.63) is 34.3 Å². The maximum absolute atomic E-state index is 12.6. The Balaban J connectivity index is 2.39. The number of carbonyl (C=O) groups is 3. The van der Waals surface area contributed by atoms with Crippen LogP contribution in [0.2, 0.25) is 0 Å². The smallest absolute Gasteiger partial charge is 0.319 e. The highest BCUT2D eigenvalue weighted by Gasteiger charge is 2.51. The van der Waals surface area contributed by atoms with Crippen molar-refractivity contribution in [2.24, 2.45) is 11.3 Å². The van der Waals surface area contributed by atoms with Crippen molar-refractivity contribution >= 4 is 33.7 Å². The summed E-state index contributed by atoms with van der Waals surface area (Å²) < 4.78 is 11.0. The monoisotopic (exact) mass is 368 g/mol. The number of cyclic esters (lactones) is 1. The van der Waals surface area contributed by atoms with Crippen molar-refractivity contribution in [2.45, 2.75) is 26.4 Å². The Morgan fingerprint density at radius 3 is 2.41 bits per heavy atom. The van der Waals surface area contributed by atoms with Crippen LogP contribution in [0, 0.1) is 11.3 Å². The molecule has 0 aliphatic carbocycles. The molecule has 1 saturated heterocycles. The molecule has 1 aromatic carbocycles. The Morgan fingerprint density at radius 2 is 1.86 bits per heavy atom. The summed E-state index contributed by atoms with van der Waals surface area (Å²) in [6.07, 6.45) is -0.896. The van der Waals surface area contributed by atoms with E-state index < -0.39 is 29.4 Å². The number of esters is 2. The third kappa shape index (κ3) is 3.06. The van der Waals surface area contributed by atoms with E-state index in [1.54, 1.807) is 24.3 Å². The highest BCUT2D eigenvalue weighted by atomic mass is 79.9. The standard InChI is InChI=1S/C16H17BrO5/c1-16(2)14(19)11(8-12(18)21-3)13(22-15(16)20)9-4-6-10(17)7-5-9/h4-7,11,13H,8H2,1-3H3/t11-,13+/m1/s1. The van der Waals surface area contributed by atoms with E-state index in [-0.39, 0.29) is 12.2 Å². The molecule has 1 fully saturated rings. The van der Waals surface area contributed by atoms with Crippen molar-refractivity contribution < 1.29 is 23.9 Å². The predicted octanol–water partition coefficient (Wildman–Crippen LogP) is 2.82. The van der Waals surface area contributed by atoms with E-state index in [1.165, 1.54) is 21.0 Å². The zero-order chi connectivity index (χ0) is 16.5. The van der Waals surface area contributed by atoms with E-state index in [4.69, 9.17) is 4.74 Å². The van der Waals surface area contributed by atoms with Gasteiger partial charge >= 0.3 is 11.9 Å². The fraction of sp³-hybridized carbons (Fsp3) is 0.438. The van der Waals surface area contributed by atoms with E-state index >= 15 is 0 Å². The summed E-state index contributed by atoms with van der Waals surface area (Å²) in [5, 5.41) is 0. The Labute approximate surface area is 137 Å². The fourth-order valence-electron chi connectivity index (χ4n) is 2.46. The van der Waals surface area contributed by atoms with Gasteiger partial charge in [0.25, 0.3) is 0 Å². The van der Waals surface area contributed by atoms with Gasteiger partial charge < -0.3 is 9.47 Å². The third-order valence-electron chi connectivity index (χ3n) is 3.88. The maximum Gasteiger partial charge on any atom is 0.319 e. The largest absolute Gasteiger partial charge is 0.469 e. The molecule has 0 aromatic heterocycles. The summed E-state index contributed by atoms with van der Waals surface area (Å²) in [7, 11) is 1.27. The second kappa shape index (κ2) is 6.20. The minimum atomic E-state index is -1.26. The highest BCUT2D eigenvalue weighted by Crippen LogP contribution is 2.41. The Kier molecular flexibility index (Phi) is 4.70. The molecule has 118 valence electrons. The first kappa shape index (κ1) is 16.7. The predicted molar refractivity (Wildman–Crippen MR) is 81.9 cm³/mol. The molecule has 0 amide bonds. The van der Waals surface area contributed by atoms with Crippen LogP contribution in [0.4, 0.5) is 0 Å². The molecular weight excluding hydrogens is 352 g/mol. The Hall–Kier alpha value is -1.69. The van der Waals surface area contributed by atoms with Gasteiger partial charge in [0.2, 0.25) is 0 Å². The van der Waals surface area contributed by atoms with Crippen LogP contribution in [-0.4, -0.2) is 24.8 Å². The summed E-state index contributed by atoms with van der Waals surface area (Å²) in [5.74, 6) is -2.14. The molecule has 5 nitrogen and oxygen atoms in total. The van der Waals surface area contributed by atoms with Crippen molar-refractivity contribution in [2.75, 3.05) is 7.11 Å². The zero-order valence-corrected chi connectivity index (χ0v) is 14.2. The van der Waals surface area contributed by atoms with Gasteiger partial charge in [-0.05, 0) is 31.5 Å². The molecule has 0 spiro atoms. The lowest BCUT2D eigenvalue weighted by Gasteiger charge is -2.37. The lowest BCUT2D eigenvalue weighted by molar-refractivity contribution is -0.181. The van der Waals surface area contributed by atoms with Crippen molar-refractivity contribution in [3.63, 3.8) is 0 Å². The van der Waals surface area contributed by atoms with E-state index in [2.05, 4.69) is 20.7 Å². The van der Waals surface area contributed by atoms with Crippen LogP contribution >= 0.6 is 15.9 Å². The minimum absolute atomic E-state index is 0.118. The molecule has 2 atom stereocenters. The van der Waals surface area contributed by atoms with Gasteiger partial charge in [-0.3, -0.25) is 14.4 Å². The molecule has 22 heavy (non-hydrogen) atoms. The number of halogens is 1. The number of ketones is 1. The lowest BCUT2D eigenvalue weighted by atomic mass is 9.74. The minimum Gasteiger partial charge on any atom is -0.469 e. The molecule has 0 bridgehead atoms. The Morgan fingerprint density at radius 1 is 1.27 bits per heavy atom. The molecule has 2 rings (SSSR count). The van der Waals surface area contributed by atoms with Crippen molar-refractivity contribution in [1.82, 2.24) is 0 Å². The van der Waals surface area contributed by atoms with Gasteiger partial charge in [0.15, 0.2) is 5.78 Å². The van der Waals surface area contributed by atoms with Gasteiger partial charge in [0.05, 0.1) is 19.4 Å². The summed E-state index contributed by atoms with van der Waals surface area (Å²) in [6.45, 7) is 3.03. The topological polar surface area (TPSA) is 69.7 Å². The number of carbonyl (C=O) groups excluding carboxylic acids is 3. The quantitative estimate of drug-likeness (QED) is 0.605. The molecule has 0 saturated carbocycles. The van der Waals surface area contributed by atoms with Crippen LogP contribution in [0.5, 0.6) is 0 Å². The summed E-state index contributed by atoms with van der Waals surface area (Å²) in [5.41, 5.74) is -0.584. The van der Waals surface area contributed by atoms with Gasteiger partial charge in [0, 0.05) is 4.47 Å². The second-order valence-electron chi connectivity index (χ2n) is 5.75. The Bertz CT molecular complexity index is 605. The van der Waals surface area contributed by atoms with Crippen LogP contribution in [0.1, 0.15) is 31.9 Å². The van der Waals surface area contributed by atoms with Gasteiger partial charge in [0.1, 0.15) is 11.5 Å². The van der Waals surface area contributed by atoms with Crippen molar-refractivity contribution in [3.8, 4) is 0 Å². The molecule has 0 N–H and O–H groups in total. The fourth-order valence-corrected chi connectivity index (χ4v) is 2.73. The van der Waals surface area contributed by atoms with Crippen LogP contribution in [0.15, 0.2) is 28.7 Å². The number of methoxy groups -OCH3 is 1. The number of hydrogen-bond acceptors (Lipinski definition) is 5. The van der Waals surface area contributed by atoms with Gasteiger partial charge in [-0.2, -0.15) is 0 Å². The second-order valence-corrected chi connectivity index (χ2v) is 6.67. The molecule has 1 heterocycles. The molecule has 1 aliphatic heterocycles.